The third kappa shape index (κ3) is 4.59. The molecule has 0 bridgehead atoms. The van der Waals surface area contributed by atoms with Gasteiger partial charge in [-0.1, -0.05) is 50.9 Å². The Morgan fingerprint density at radius 2 is 1.81 bits per heavy atom. The van der Waals surface area contributed by atoms with Gasteiger partial charge in [0.1, 0.15) is 0 Å². The Morgan fingerprint density at radius 1 is 1.10 bits per heavy atom. The van der Waals surface area contributed by atoms with Gasteiger partial charge in [0.25, 0.3) is 0 Å². The molecular formula is C17H19Br2NS. The molecule has 1 atom stereocenters. The highest BCUT2D eigenvalue weighted by Gasteiger charge is 2.16. The molecule has 0 spiro atoms. The molecule has 0 aliphatic heterocycles. The summed E-state index contributed by atoms with van der Waals surface area (Å²) in [6, 6.07) is 15.3. The highest BCUT2D eigenvalue weighted by molar-refractivity contribution is 9.11. The lowest BCUT2D eigenvalue weighted by molar-refractivity contribution is 0.596. The first-order valence-electron chi connectivity index (χ1n) is 6.98. The van der Waals surface area contributed by atoms with E-state index in [0.717, 1.165) is 21.9 Å². The van der Waals surface area contributed by atoms with Crippen LogP contribution in [0.3, 0.4) is 0 Å². The van der Waals surface area contributed by atoms with Crippen molar-refractivity contribution in [3.63, 3.8) is 0 Å². The lowest BCUT2D eigenvalue weighted by Crippen LogP contribution is -2.23. The number of hydrogen-bond acceptors (Lipinski definition) is 2. The van der Waals surface area contributed by atoms with Gasteiger partial charge in [-0.3, -0.25) is 0 Å². The van der Waals surface area contributed by atoms with Gasteiger partial charge in [0.05, 0.1) is 6.04 Å². The van der Waals surface area contributed by atoms with E-state index in [1.54, 1.807) is 11.8 Å². The molecular weight excluding hydrogens is 410 g/mol. The molecule has 1 unspecified atom stereocenters. The standard InChI is InChI=1S/C17H19Br2NS/c1-3-10-20-17(12-4-7-14(21-2)8-5-12)15-11-13(18)6-9-16(15)19/h4-9,11,17,20H,3,10H2,1-2H3. The van der Waals surface area contributed by atoms with Gasteiger partial charge in [0.2, 0.25) is 0 Å². The van der Waals surface area contributed by atoms with Crippen LogP contribution in [0.5, 0.6) is 0 Å². The first-order chi connectivity index (χ1) is 10.2. The van der Waals surface area contributed by atoms with E-state index in [-0.39, 0.29) is 6.04 Å². The lowest BCUT2D eigenvalue weighted by Gasteiger charge is -2.21. The van der Waals surface area contributed by atoms with Crippen LogP contribution in [0.25, 0.3) is 0 Å². The molecule has 112 valence electrons. The van der Waals surface area contributed by atoms with E-state index >= 15 is 0 Å². The maximum Gasteiger partial charge on any atom is 0.0588 e. The van der Waals surface area contributed by atoms with Gasteiger partial charge in [-0.05, 0) is 60.7 Å². The van der Waals surface area contributed by atoms with Gasteiger partial charge in [-0.2, -0.15) is 0 Å². The van der Waals surface area contributed by atoms with Crippen molar-refractivity contribution in [1.29, 1.82) is 0 Å². The zero-order valence-electron chi connectivity index (χ0n) is 12.2. The summed E-state index contributed by atoms with van der Waals surface area (Å²) in [5.74, 6) is 0. The van der Waals surface area contributed by atoms with Crippen LogP contribution < -0.4 is 5.32 Å². The van der Waals surface area contributed by atoms with Crippen molar-refractivity contribution >= 4 is 43.6 Å². The zero-order chi connectivity index (χ0) is 15.2. The van der Waals surface area contributed by atoms with E-state index in [1.165, 1.54) is 16.0 Å². The lowest BCUT2D eigenvalue weighted by atomic mass is 9.98. The number of benzene rings is 2. The highest BCUT2D eigenvalue weighted by Crippen LogP contribution is 2.32. The summed E-state index contributed by atoms with van der Waals surface area (Å²) >= 11 is 9.03. The monoisotopic (exact) mass is 427 g/mol. The van der Waals surface area contributed by atoms with Crippen LogP contribution in [0.15, 0.2) is 56.3 Å². The van der Waals surface area contributed by atoms with Crippen molar-refractivity contribution in [2.24, 2.45) is 0 Å². The fourth-order valence-electron chi connectivity index (χ4n) is 2.23. The largest absolute Gasteiger partial charge is 0.306 e. The third-order valence-electron chi connectivity index (χ3n) is 3.32. The summed E-state index contributed by atoms with van der Waals surface area (Å²) in [6.07, 6.45) is 3.22. The van der Waals surface area contributed by atoms with Crippen LogP contribution in [0.2, 0.25) is 0 Å². The average Bonchev–Trinajstić information content (AvgIpc) is 2.51. The quantitative estimate of drug-likeness (QED) is 0.564. The van der Waals surface area contributed by atoms with Crippen molar-refractivity contribution in [3.05, 3.63) is 62.5 Å². The fourth-order valence-corrected chi connectivity index (χ4v) is 3.49. The second-order valence-electron chi connectivity index (χ2n) is 4.83. The molecule has 0 aromatic heterocycles. The van der Waals surface area contributed by atoms with Crippen molar-refractivity contribution in [2.75, 3.05) is 12.8 Å². The Labute approximate surface area is 148 Å². The second-order valence-corrected chi connectivity index (χ2v) is 7.48. The van der Waals surface area contributed by atoms with Gasteiger partial charge in [0, 0.05) is 13.8 Å². The van der Waals surface area contributed by atoms with E-state index in [2.05, 4.69) is 92.8 Å². The van der Waals surface area contributed by atoms with E-state index in [0.29, 0.717) is 0 Å². The Hall–Kier alpha value is -0.290. The molecule has 21 heavy (non-hydrogen) atoms. The summed E-state index contributed by atoms with van der Waals surface area (Å²) in [5.41, 5.74) is 2.55. The molecule has 0 aliphatic carbocycles. The summed E-state index contributed by atoms with van der Waals surface area (Å²) < 4.78 is 2.23. The van der Waals surface area contributed by atoms with E-state index in [4.69, 9.17) is 0 Å². The molecule has 0 fully saturated rings. The minimum absolute atomic E-state index is 0.202. The molecule has 0 saturated carbocycles. The second kappa shape index (κ2) is 8.37. The third-order valence-corrected chi connectivity index (χ3v) is 5.28. The van der Waals surface area contributed by atoms with Gasteiger partial charge < -0.3 is 5.32 Å². The van der Waals surface area contributed by atoms with Crippen LogP contribution in [0, 0.1) is 0 Å². The number of thioether (sulfide) groups is 1. The van der Waals surface area contributed by atoms with Crippen LogP contribution >= 0.6 is 43.6 Å². The van der Waals surface area contributed by atoms with Gasteiger partial charge in [-0.25, -0.2) is 0 Å². The molecule has 2 rings (SSSR count). The fraction of sp³-hybridized carbons (Fsp3) is 0.294. The van der Waals surface area contributed by atoms with E-state index in [1.807, 2.05) is 0 Å². The van der Waals surface area contributed by atoms with Crippen LogP contribution in [-0.4, -0.2) is 12.8 Å². The van der Waals surface area contributed by atoms with Gasteiger partial charge >= 0.3 is 0 Å². The molecule has 2 aromatic rings. The van der Waals surface area contributed by atoms with E-state index in [9.17, 15) is 0 Å². The predicted octanol–water partition coefficient (Wildman–Crippen LogP) is 6.02. The summed E-state index contributed by atoms with van der Waals surface area (Å²) in [7, 11) is 0. The molecule has 1 nitrogen and oxygen atoms in total. The Morgan fingerprint density at radius 3 is 2.43 bits per heavy atom. The topological polar surface area (TPSA) is 12.0 Å². The molecule has 0 radical (unpaired) electrons. The number of rotatable bonds is 6. The van der Waals surface area contributed by atoms with Crippen molar-refractivity contribution < 1.29 is 0 Å². The number of nitrogens with one attached hydrogen (secondary N) is 1. The van der Waals surface area contributed by atoms with Crippen LogP contribution in [-0.2, 0) is 0 Å². The normalized spacial score (nSPS) is 12.4. The highest BCUT2D eigenvalue weighted by atomic mass is 79.9. The number of halogens is 2. The van der Waals surface area contributed by atoms with Gasteiger partial charge in [-0.15, -0.1) is 11.8 Å². The Balaban J connectivity index is 2.38. The summed E-state index contributed by atoms with van der Waals surface area (Å²) in [5, 5.41) is 3.65. The Kier molecular flexibility index (Phi) is 6.80. The molecule has 4 heteroatoms. The molecule has 0 heterocycles. The van der Waals surface area contributed by atoms with Crippen molar-refractivity contribution in [1.82, 2.24) is 5.32 Å². The molecule has 2 aromatic carbocycles. The molecule has 1 N–H and O–H groups in total. The maximum atomic E-state index is 3.68. The predicted molar refractivity (Wildman–Crippen MR) is 100 cm³/mol. The van der Waals surface area contributed by atoms with Gasteiger partial charge in [0.15, 0.2) is 0 Å². The molecule has 0 amide bonds. The zero-order valence-corrected chi connectivity index (χ0v) is 16.2. The smallest absolute Gasteiger partial charge is 0.0588 e. The van der Waals surface area contributed by atoms with Crippen molar-refractivity contribution in [2.45, 2.75) is 24.3 Å². The molecule has 0 aliphatic rings. The summed E-state index contributed by atoms with van der Waals surface area (Å²) in [6.45, 7) is 3.19. The summed E-state index contributed by atoms with van der Waals surface area (Å²) in [4.78, 5) is 1.29. The number of hydrogen-bond donors (Lipinski definition) is 1. The van der Waals surface area contributed by atoms with Crippen LogP contribution in [0.4, 0.5) is 0 Å². The first kappa shape index (κ1) is 17.1. The SMILES string of the molecule is CCCNC(c1ccc(SC)cc1)c1cc(Br)ccc1Br. The average molecular weight is 429 g/mol. The van der Waals surface area contributed by atoms with Crippen molar-refractivity contribution in [3.8, 4) is 0 Å². The minimum atomic E-state index is 0.202. The maximum absolute atomic E-state index is 3.68. The minimum Gasteiger partial charge on any atom is -0.306 e. The molecule has 0 saturated heterocycles. The Bertz CT molecular complexity index is 584. The van der Waals surface area contributed by atoms with Crippen LogP contribution in [0.1, 0.15) is 30.5 Å². The van der Waals surface area contributed by atoms with E-state index < -0.39 is 0 Å². The first-order valence-corrected chi connectivity index (χ1v) is 9.79.